The summed E-state index contributed by atoms with van der Waals surface area (Å²) in [5, 5.41) is 0. The van der Waals surface area contributed by atoms with Gasteiger partial charge in [-0.1, -0.05) is 36.4 Å². The van der Waals surface area contributed by atoms with Crippen molar-refractivity contribution in [3.05, 3.63) is 65.2 Å². The zero-order valence-corrected chi connectivity index (χ0v) is 16.3. The van der Waals surface area contributed by atoms with Crippen molar-refractivity contribution in [1.82, 2.24) is 0 Å². The molecular formula is C21H26ClNO3. The van der Waals surface area contributed by atoms with Crippen LogP contribution in [0.1, 0.15) is 37.5 Å². The molecule has 2 aromatic rings. The molecule has 1 atom stereocenters. The maximum absolute atomic E-state index is 12.0. The van der Waals surface area contributed by atoms with Gasteiger partial charge in [0.15, 0.2) is 0 Å². The summed E-state index contributed by atoms with van der Waals surface area (Å²) >= 11 is 5.85. The van der Waals surface area contributed by atoms with Gasteiger partial charge >= 0.3 is 5.97 Å². The van der Waals surface area contributed by atoms with Gasteiger partial charge in [0.25, 0.3) is 0 Å². The van der Waals surface area contributed by atoms with Crippen molar-refractivity contribution in [2.75, 3.05) is 0 Å². The highest BCUT2D eigenvalue weighted by atomic mass is 35.5. The van der Waals surface area contributed by atoms with Crippen LogP contribution >= 0.6 is 11.6 Å². The fraction of sp³-hybridized carbons (Fsp3) is 0.381. The summed E-state index contributed by atoms with van der Waals surface area (Å²) in [6.07, 6.45) is 0.424. The van der Waals surface area contributed by atoms with E-state index < -0.39 is 17.6 Å². The van der Waals surface area contributed by atoms with Gasteiger partial charge in [-0.3, -0.25) is 4.79 Å². The van der Waals surface area contributed by atoms with Crippen molar-refractivity contribution in [3.8, 4) is 5.75 Å². The molecule has 0 radical (unpaired) electrons. The molecule has 0 bridgehead atoms. The largest absolute Gasteiger partial charge is 0.489 e. The third-order valence-corrected chi connectivity index (χ3v) is 3.95. The van der Waals surface area contributed by atoms with E-state index in [9.17, 15) is 4.79 Å². The Morgan fingerprint density at radius 1 is 1.08 bits per heavy atom. The smallest absolute Gasteiger partial charge is 0.323 e. The Hall–Kier alpha value is -2.04. The molecule has 0 heterocycles. The number of carbonyl (C=O) groups is 1. The second-order valence-electron chi connectivity index (χ2n) is 7.23. The highest BCUT2D eigenvalue weighted by Crippen LogP contribution is 2.17. The number of carbonyl (C=O) groups excluding carboxylic acids is 1. The van der Waals surface area contributed by atoms with E-state index in [0.717, 1.165) is 22.4 Å². The summed E-state index contributed by atoms with van der Waals surface area (Å²) in [6, 6.07) is 14.9. The number of hydrogen-bond acceptors (Lipinski definition) is 4. The van der Waals surface area contributed by atoms with Crippen molar-refractivity contribution in [2.24, 2.45) is 5.73 Å². The number of halogens is 1. The molecule has 26 heavy (non-hydrogen) atoms. The lowest BCUT2D eigenvalue weighted by molar-refractivity contribution is -0.156. The van der Waals surface area contributed by atoms with E-state index >= 15 is 0 Å². The van der Waals surface area contributed by atoms with Crippen LogP contribution in [0.5, 0.6) is 5.75 Å². The summed E-state index contributed by atoms with van der Waals surface area (Å²) < 4.78 is 11.1. The van der Waals surface area contributed by atoms with Crippen LogP contribution in [0.2, 0.25) is 0 Å². The normalized spacial score (nSPS) is 12.5. The van der Waals surface area contributed by atoms with Gasteiger partial charge in [-0.25, -0.2) is 0 Å². The molecule has 0 aromatic heterocycles. The average Bonchev–Trinajstić information content (AvgIpc) is 2.60. The van der Waals surface area contributed by atoms with Crippen LogP contribution in [-0.4, -0.2) is 17.6 Å². The molecule has 2 aromatic carbocycles. The molecule has 140 valence electrons. The Balaban J connectivity index is 1.88. The van der Waals surface area contributed by atoms with Crippen molar-refractivity contribution < 1.29 is 14.3 Å². The standard InChI is InChI=1S/C21H26ClNO3/c1-21(2,3)26-20(24)19(23)12-15-7-9-18(10-8-15)25-14-17-6-4-5-16(11-17)13-22/h4-11,19H,12-14,23H2,1-3H3. The molecule has 0 spiro atoms. The molecular weight excluding hydrogens is 350 g/mol. The van der Waals surface area contributed by atoms with Gasteiger partial charge in [-0.2, -0.15) is 0 Å². The topological polar surface area (TPSA) is 61.5 Å². The van der Waals surface area contributed by atoms with Crippen LogP contribution < -0.4 is 10.5 Å². The molecule has 0 fully saturated rings. The van der Waals surface area contributed by atoms with Gasteiger partial charge in [0.1, 0.15) is 24.0 Å². The first-order valence-electron chi connectivity index (χ1n) is 8.61. The summed E-state index contributed by atoms with van der Waals surface area (Å²) in [6.45, 7) is 5.95. The van der Waals surface area contributed by atoms with Crippen LogP contribution in [0.15, 0.2) is 48.5 Å². The van der Waals surface area contributed by atoms with E-state index in [1.807, 2.05) is 69.3 Å². The second kappa shape index (κ2) is 9.06. The summed E-state index contributed by atoms with van der Waals surface area (Å²) in [4.78, 5) is 12.0. The van der Waals surface area contributed by atoms with Crippen molar-refractivity contribution in [1.29, 1.82) is 0 Å². The molecule has 0 aliphatic rings. The molecule has 0 saturated carbocycles. The maximum Gasteiger partial charge on any atom is 0.323 e. The zero-order valence-electron chi connectivity index (χ0n) is 15.5. The minimum atomic E-state index is -0.681. The van der Waals surface area contributed by atoms with Crippen LogP contribution in [0.4, 0.5) is 0 Å². The first-order valence-corrected chi connectivity index (χ1v) is 9.14. The van der Waals surface area contributed by atoms with E-state index in [2.05, 4.69) is 0 Å². The molecule has 0 aliphatic heterocycles. The first-order chi connectivity index (χ1) is 12.3. The van der Waals surface area contributed by atoms with E-state index in [1.54, 1.807) is 0 Å². The molecule has 2 rings (SSSR count). The summed E-state index contributed by atoms with van der Waals surface area (Å²) in [5.74, 6) is 0.855. The lowest BCUT2D eigenvalue weighted by Gasteiger charge is -2.22. The van der Waals surface area contributed by atoms with E-state index in [1.165, 1.54) is 0 Å². The Morgan fingerprint density at radius 2 is 1.73 bits per heavy atom. The monoisotopic (exact) mass is 375 g/mol. The number of esters is 1. The Kier molecular flexibility index (Phi) is 7.06. The zero-order chi connectivity index (χ0) is 19.2. The molecule has 4 nitrogen and oxygen atoms in total. The third kappa shape index (κ3) is 6.70. The Bertz CT molecular complexity index is 723. The molecule has 0 saturated heterocycles. The Labute approximate surface area is 160 Å². The summed E-state index contributed by atoms with van der Waals surface area (Å²) in [5.41, 5.74) is 8.50. The first kappa shape index (κ1) is 20.3. The van der Waals surface area contributed by atoms with Gasteiger partial charge < -0.3 is 15.2 Å². The number of benzene rings is 2. The number of ether oxygens (including phenoxy) is 2. The van der Waals surface area contributed by atoms with Gasteiger partial charge in [0, 0.05) is 5.88 Å². The second-order valence-corrected chi connectivity index (χ2v) is 7.50. The average molecular weight is 376 g/mol. The molecule has 0 amide bonds. The highest BCUT2D eigenvalue weighted by molar-refractivity contribution is 6.17. The SMILES string of the molecule is CC(C)(C)OC(=O)C(N)Cc1ccc(OCc2cccc(CCl)c2)cc1. The van der Waals surface area contributed by atoms with Gasteiger partial charge in [0.2, 0.25) is 0 Å². The molecule has 1 unspecified atom stereocenters. The lowest BCUT2D eigenvalue weighted by Crippen LogP contribution is -2.38. The van der Waals surface area contributed by atoms with Crippen LogP contribution in [0.3, 0.4) is 0 Å². The van der Waals surface area contributed by atoms with E-state index in [0.29, 0.717) is 18.9 Å². The van der Waals surface area contributed by atoms with Gasteiger partial charge in [-0.15, -0.1) is 11.6 Å². The predicted octanol–water partition coefficient (Wildman–Crippen LogP) is 4.22. The highest BCUT2D eigenvalue weighted by Gasteiger charge is 2.22. The van der Waals surface area contributed by atoms with E-state index in [-0.39, 0.29) is 0 Å². The Morgan fingerprint density at radius 3 is 2.35 bits per heavy atom. The fourth-order valence-electron chi connectivity index (χ4n) is 2.41. The number of rotatable bonds is 7. The number of hydrogen-bond donors (Lipinski definition) is 1. The quantitative estimate of drug-likeness (QED) is 0.581. The van der Waals surface area contributed by atoms with Crippen LogP contribution in [0, 0.1) is 0 Å². The van der Waals surface area contributed by atoms with Gasteiger partial charge in [-0.05, 0) is 56.0 Å². The van der Waals surface area contributed by atoms with Crippen LogP contribution in [0.25, 0.3) is 0 Å². The molecule has 0 aliphatic carbocycles. The molecule has 2 N–H and O–H groups in total. The number of alkyl halides is 1. The van der Waals surface area contributed by atoms with Crippen LogP contribution in [-0.2, 0) is 28.4 Å². The van der Waals surface area contributed by atoms with Crippen molar-refractivity contribution >= 4 is 17.6 Å². The number of nitrogens with two attached hydrogens (primary N) is 1. The lowest BCUT2D eigenvalue weighted by atomic mass is 10.1. The van der Waals surface area contributed by atoms with Gasteiger partial charge in [0.05, 0.1) is 0 Å². The minimum Gasteiger partial charge on any atom is -0.489 e. The minimum absolute atomic E-state index is 0.392. The fourth-order valence-corrected chi connectivity index (χ4v) is 2.57. The van der Waals surface area contributed by atoms with Crippen molar-refractivity contribution in [3.63, 3.8) is 0 Å². The molecule has 5 heteroatoms. The van der Waals surface area contributed by atoms with E-state index in [4.69, 9.17) is 26.8 Å². The summed E-state index contributed by atoms with van der Waals surface area (Å²) in [7, 11) is 0. The third-order valence-electron chi connectivity index (χ3n) is 3.64. The maximum atomic E-state index is 12.0. The van der Waals surface area contributed by atoms with Crippen molar-refractivity contribution in [2.45, 2.75) is 51.3 Å². The predicted molar refractivity (Wildman–Crippen MR) is 104 cm³/mol.